The molecule has 0 spiro atoms. The molecule has 8 heteroatoms. The van der Waals surface area contributed by atoms with Crippen LogP contribution < -0.4 is 5.32 Å². The zero-order chi connectivity index (χ0) is 22.9. The number of halogens is 2. The standard InChI is InChI=1S/C25H24ClFN4O2/c26-16-11-12-17(25(33)30-13-4-1-5-14-30)20(15-16)28-24(32)23-18-7-6-10-21(18)31(29-23)22-9-3-2-8-19(22)27/h2-3,8-9,11-12,15H,1,4-7,10,13-14H2,(H,28,32). The molecule has 2 aromatic carbocycles. The van der Waals surface area contributed by atoms with Gasteiger partial charge in [0.1, 0.15) is 11.5 Å². The van der Waals surface area contributed by atoms with Crippen molar-refractivity contribution in [3.63, 3.8) is 0 Å². The normalized spacial score (nSPS) is 15.4. The number of amides is 2. The Morgan fingerprint density at radius 2 is 1.79 bits per heavy atom. The zero-order valence-corrected chi connectivity index (χ0v) is 18.9. The van der Waals surface area contributed by atoms with Crippen LogP contribution in [-0.2, 0) is 12.8 Å². The van der Waals surface area contributed by atoms with Crippen molar-refractivity contribution in [3.8, 4) is 5.69 Å². The Hall–Kier alpha value is -3.19. The molecule has 2 aliphatic rings. The molecule has 0 radical (unpaired) electrons. The van der Waals surface area contributed by atoms with Crippen LogP contribution in [0.15, 0.2) is 42.5 Å². The smallest absolute Gasteiger partial charge is 0.276 e. The van der Waals surface area contributed by atoms with Gasteiger partial charge in [-0.25, -0.2) is 9.07 Å². The first kappa shape index (κ1) is 21.6. The quantitative estimate of drug-likeness (QED) is 0.586. The maximum absolute atomic E-state index is 14.4. The van der Waals surface area contributed by atoms with E-state index < -0.39 is 11.7 Å². The number of aromatic nitrogens is 2. The van der Waals surface area contributed by atoms with Crippen molar-refractivity contribution in [3.05, 3.63) is 75.8 Å². The number of anilines is 1. The molecule has 2 amide bonds. The van der Waals surface area contributed by atoms with Crippen molar-refractivity contribution in [2.45, 2.75) is 38.5 Å². The van der Waals surface area contributed by atoms with Crippen LogP contribution in [0.1, 0.15) is 57.8 Å². The molecule has 0 saturated carbocycles. The van der Waals surface area contributed by atoms with E-state index in [-0.39, 0.29) is 11.6 Å². The van der Waals surface area contributed by atoms with Crippen molar-refractivity contribution in [2.75, 3.05) is 18.4 Å². The highest BCUT2D eigenvalue weighted by atomic mass is 35.5. The Kier molecular flexibility index (Phi) is 5.89. The van der Waals surface area contributed by atoms with Gasteiger partial charge >= 0.3 is 0 Å². The first-order valence-electron chi connectivity index (χ1n) is 11.3. The van der Waals surface area contributed by atoms with Crippen LogP contribution in [0.25, 0.3) is 5.69 Å². The number of carbonyl (C=O) groups is 2. The Balaban J connectivity index is 1.48. The molecule has 1 aromatic heterocycles. The predicted molar refractivity (Wildman–Crippen MR) is 125 cm³/mol. The highest BCUT2D eigenvalue weighted by molar-refractivity contribution is 6.31. The molecule has 1 N–H and O–H groups in total. The molecule has 1 fully saturated rings. The third kappa shape index (κ3) is 4.13. The number of benzene rings is 2. The third-order valence-corrected chi connectivity index (χ3v) is 6.56. The summed E-state index contributed by atoms with van der Waals surface area (Å²) in [5.74, 6) is -0.951. The largest absolute Gasteiger partial charge is 0.339 e. The van der Waals surface area contributed by atoms with Crippen LogP contribution in [0, 0.1) is 5.82 Å². The number of piperidine rings is 1. The Morgan fingerprint density at radius 1 is 1.00 bits per heavy atom. The van der Waals surface area contributed by atoms with Crippen LogP contribution in [0.3, 0.4) is 0 Å². The van der Waals surface area contributed by atoms with Gasteiger partial charge < -0.3 is 10.2 Å². The molecule has 6 nitrogen and oxygen atoms in total. The van der Waals surface area contributed by atoms with E-state index in [4.69, 9.17) is 11.6 Å². The van der Waals surface area contributed by atoms with Crippen molar-refractivity contribution in [1.82, 2.24) is 14.7 Å². The first-order valence-corrected chi connectivity index (χ1v) is 11.7. The Morgan fingerprint density at radius 3 is 2.58 bits per heavy atom. The Bertz CT molecular complexity index is 1230. The number of fused-ring (bicyclic) bond motifs is 1. The second-order valence-corrected chi connectivity index (χ2v) is 8.92. The number of likely N-dealkylation sites (tertiary alicyclic amines) is 1. The maximum Gasteiger partial charge on any atom is 0.276 e. The molecule has 0 unspecified atom stereocenters. The average Bonchev–Trinajstić information content (AvgIpc) is 3.43. The topological polar surface area (TPSA) is 67.2 Å². The minimum atomic E-state index is -0.432. The van der Waals surface area contributed by atoms with Gasteiger partial charge in [-0.05, 0) is 68.9 Å². The maximum atomic E-state index is 14.4. The molecule has 3 aromatic rings. The number of hydrogen-bond acceptors (Lipinski definition) is 3. The number of carbonyl (C=O) groups excluding carboxylic acids is 2. The van der Waals surface area contributed by atoms with Gasteiger partial charge in [0.15, 0.2) is 5.69 Å². The molecule has 33 heavy (non-hydrogen) atoms. The lowest BCUT2D eigenvalue weighted by molar-refractivity contribution is 0.0725. The summed E-state index contributed by atoms with van der Waals surface area (Å²) in [5.41, 5.74) is 3.00. The van der Waals surface area contributed by atoms with Gasteiger partial charge in [-0.15, -0.1) is 0 Å². The van der Waals surface area contributed by atoms with Crippen molar-refractivity contribution in [1.29, 1.82) is 0 Å². The van der Waals surface area contributed by atoms with Crippen molar-refractivity contribution < 1.29 is 14.0 Å². The van der Waals surface area contributed by atoms with Crippen LogP contribution in [-0.4, -0.2) is 39.6 Å². The number of para-hydroxylation sites is 1. The molecular formula is C25H24ClFN4O2. The fourth-order valence-corrected chi connectivity index (χ4v) is 4.87. The number of nitrogens with one attached hydrogen (secondary N) is 1. The Labute approximate surface area is 196 Å². The molecule has 1 aliphatic carbocycles. The number of hydrogen-bond donors (Lipinski definition) is 1. The lowest BCUT2D eigenvalue weighted by atomic mass is 10.1. The van der Waals surface area contributed by atoms with Gasteiger partial charge in [0, 0.05) is 29.4 Å². The molecule has 1 saturated heterocycles. The summed E-state index contributed by atoms with van der Waals surface area (Å²) in [7, 11) is 0. The fraction of sp³-hybridized carbons (Fsp3) is 0.320. The second kappa shape index (κ2) is 8.98. The van der Waals surface area contributed by atoms with Gasteiger partial charge in [0.2, 0.25) is 0 Å². The predicted octanol–water partition coefficient (Wildman–Crippen LogP) is 5.03. The van der Waals surface area contributed by atoms with Gasteiger partial charge in [-0.2, -0.15) is 5.10 Å². The highest BCUT2D eigenvalue weighted by Gasteiger charge is 2.29. The minimum Gasteiger partial charge on any atom is -0.339 e. The van der Waals surface area contributed by atoms with Crippen LogP contribution in [0.2, 0.25) is 5.02 Å². The van der Waals surface area contributed by atoms with Gasteiger partial charge in [0.25, 0.3) is 11.8 Å². The van der Waals surface area contributed by atoms with E-state index in [1.54, 1.807) is 36.4 Å². The minimum absolute atomic E-state index is 0.121. The van der Waals surface area contributed by atoms with Crippen LogP contribution in [0.5, 0.6) is 0 Å². The molecule has 0 atom stereocenters. The molecule has 170 valence electrons. The summed E-state index contributed by atoms with van der Waals surface area (Å²) >= 11 is 6.19. The van der Waals surface area contributed by atoms with E-state index in [1.165, 1.54) is 10.7 Å². The van der Waals surface area contributed by atoms with E-state index in [1.807, 2.05) is 4.90 Å². The van der Waals surface area contributed by atoms with Crippen molar-refractivity contribution >= 4 is 29.1 Å². The lowest BCUT2D eigenvalue weighted by Crippen LogP contribution is -2.36. The molecule has 5 rings (SSSR count). The first-order chi connectivity index (χ1) is 16.0. The highest BCUT2D eigenvalue weighted by Crippen LogP contribution is 2.30. The SMILES string of the molecule is O=C(Nc1cc(Cl)ccc1C(=O)N1CCCCC1)c1nn(-c2ccccc2F)c2c1CCC2. The van der Waals surface area contributed by atoms with E-state index in [0.29, 0.717) is 41.5 Å². The number of nitrogens with zero attached hydrogens (tertiary/aromatic N) is 3. The van der Waals surface area contributed by atoms with Gasteiger partial charge in [-0.1, -0.05) is 23.7 Å². The monoisotopic (exact) mass is 466 g/mol. The fourth-order valence-electron chi connectivity index (χ4n) is 4.70. The van der Waals surface area contributed by atoms with Crippen LogP contribution >= 0.6 is 11.6 Å². The van der Waals surface area contributed by atoms with E-state index >= 15 is 0 Å². The number of rotatable bonds is 4. The van der Waals surface area contributed by atoms with E-state index in [0.717, 1.165) is 43.4 Å². The van der Waals surface area contributed by atoms with E-state index in [9.17, 15) is 14.0 Å². The van der Waals surface area contributed by atoms with Gasteiger partial charge in [0.05, 0.1) is 11.3 Å². The van der Waals surface area contributed by atoms with Crippen LogP contribution in [0.4, 0.5) is 10.1 Å². The second-order valence-electron chi connectivity index (χ2n) is 8.49. The summed E-state index contributed by atoms with van der Waals surface area (Å²) < 4.78 is 16.0. The lowest BCUT2D eigenvalue weighted by Gasteiger charge is -2.27. The van der Waals surface area contributed by atoms with Gasteiger partial charge in [-0.3, -0.25) is 9.59 Å². The summed E-state index contributed by atoms with van der Waals surface area (Å²) in [5, 5.41) is 7.76. The van der Waals surface area contributed by atoms with Crippen molar-refractivity contribution in [2.24, 2.45) is 0 Å². The summed E-state index contributed by atoms with van der Waals surface area (Å²) in [4.78, 5) is 28.3. The third-order valence-electron chi connectivity index (χ3n) is 6.33. The molecule has 0 bridgehead atoms. The molecular weight excluding hydrogens is 443 g/mol. The molecule has 1 aliphatic heterocycles. The molecule has 2 heterocycles. The zero-order valence-electron chi connectivity index (χ0n) is 18.1. The summed E-state index contributed by atoms with van der Waals surface area (Å²) in [6.07, 6.45) is 5.35. The summed E-state index contributed by atoms with van der Waals surface area (Å²) in [6, 6.07) is 11.3. The summed E-state index contributed by atoms with van der Waals surface area (Å²) in [6.45, 7) is 1.41. The average molecular weight is 467 g/mol. The van der Waals surface area contributed by atoms with E-state index in [2.05, 4.69) is 10.4 Å².